The minimum Gasteiger partial charge on any atom is -0.493 e. The number of hydrogen-bond donors (Lipinski definition) is 0. The van der Waals surface area contributed by atoms with Crippen LogP contribution < -0.4 is 9.47 Å². The molecule has 1 aromatic rings. The first-order chi connectivity index (χ1) is 13.0. The van der Waals surface area contributed by atoms with Crippen molar-refractivity contribution in [3.8, 4) is 11.5 Å². The fraction of sp³-hybridized carbons (Fsp3) is 0.600. The molecule has 2 aliphatic rings. The molecule has 1 atom stereocenters. The number of amides is 2. The van der Waals surface area contributed by atoms with E-state index in [1.54, 1.807) is 24.0 Å². The van der Waals surface area contributed by atoms with Crippen LogP contribution in [0.2, 0.25) is 0 Å². The minimum absolute atomic E-state index is 0.0383. The van der Waals surface area contributed by atoms with Gasteiger partial charge in [-0.2, -0.15) is 0 Å². The van der Waals surface area contributed by atoms with Gasteiger partial charge in [-0.05, 0) is 42.5 Å². The maximum absolute atomic E-state index is 12.8. The molecule has 2 aliphatic heterocycles. The molecule has 0 spiro atoms. The summed E-state index contributed by atoms with van der Waals surface area (Å²) >= 11 is 0. The first-order valence-electron chi connectivity index (χ1n) is 9.40. The Morgan fingerprint density at radius 2 is 1.93 bits per heavy atom. The van der Waals surface area contributed by atoms with E-state index >= 15 is 0 Å². The van der Waals surface area contributed by atoms with Gasteiger partial charge in [0.1, 0.15) is 0 Å². The van der Waals surface area contributed by atoms with Gasteiger partial charge in [0.2, 0.25) is 11.8 Å². The van der Waals surface area contributed by atoms with Crippen LogP contribution in [-0.4, -0.2) is 68.2 Å². The minimum atomic E-state index is -0.0948. The van der Waals surface area contributed by atoms with E-state index in [2.05, 4.69) is 0 Å². The third kappa shape index (κ3) is 4.53. The van der Waals surface area contributed by atoms with Crippen molar-refractivity contribution < 1.29 is 23.8 Å². The molecule has 7 heteroatoms. The average Bonchev–Trinajstić information content (AvgIpc) is 3.18. The van der Waals surface area contributed by atoms with Crippen LogP contribution in [0.5, 0.6) is 11.5 Å². The molecule has 3 rings (SSSR count). The summed E-state index contributed by atoms with van der Waals surface area (Å²) in [6, 6.07) is 3.91. The van der Waals surface area contributed by atoms with Crippen LogP contribution in [0, 0.1) is 0 Å². The number of benzene rings is 1. The van der Waals surface area contributed by atoms with Crippen LogP contribution >= 0.6 is 0 Å². The number of carbonyl (C=O) groups excluding carboxylic acids is 2. The Bertz CT molecular complexity index is 700. The van der Waals surface area contributed by atoms with Crippen LogP contribution in [0.3, 0.4) is 0 Å². The van der Waals surface area contributed by atoms with Gasteiger partial charge in [-0.1, -0.05) is 0 Å². The second-order valence-electron chi connectivity index (χ2n) is 7.08. The Kier molecular flexibility index (Phi) is 6.21. The molecule has 0 aliphatic carbocycles. The van der Waals surface area contributed by atoms with Crippen molar-refractivity contribution in [1.29, 1.82) is 0 Å². The summed E-state index contributed by atoms with van der Waals surface area (Å²) in [7, 11) is 3.22. The van der Waals surface area contributed by atoms with Gasteiger partial charge in [0.15, 0.2) is 11.5 Å². The van der Waals surface area contributed by atoms with E-state index in [0.29, 0.717) is 31.1 Å². The topological polar surface area (TPSA) is 68.3 Å². The number of carbonyl (C=O) groups is 2. The summed E-state index contributed by atoms with van der Waals surface area (Å²) < 4.78 is 16.3. The molecule has 0 bridgehead atoms. The molecule has 1 saturated heterocycles. The lowest BCUT2D eigenvalue weighted by molar-refractivity contribution is -0.141. The van der Waals surface area contributed by atoms with Crippen LogP contribution in [0.25, 0.3) is 0 Å². The zero-order valence-corrected chi connectivity index (χ0v) is 16.3. The molecule has 27 heavy (non-hydrogen) atoms. The van der Waals surface area contributed by atoms with Crippen molar-refractivity contribution in [2.75, 3.05) is 40.5 Å². The Labute approximate surface area is 160 Å². The van der Waals surface area contributed by atoms with Crippen LogP contribution in [0.1, 0.15) is 30.9 Å². The van der Waals surface area contributed by atoms with E-state index in [4.69, 9.17) is 14.2 Å². The second kappa shape index (κ2) is 8.61. The van der Waals surface area contributed by atoms with Crippen LogP contribution in [0.15, 0.2) is 12.1 Å². The van der Waals surface area contributed by atoms with Gasteiger partial charge in [-0.15, -0.1) is 0 Å². The Hall–Kier alpha value is -2.28. The molecule has 2 amide bonds. The van der Waals surface area contributed by atoms with Crippen molar-refractivity contribution in [1.82, 2.24) is 9.80 Å². The Morgan fingerprint density at radius 1 is 1.22 bits per heavy atom. The molecule has 0 N–H and O–H groups in total. The summed E-state index contributed by atoms with van der Waals surface area (Å²) in [5.41, 5.74) is 2.22. The molecule has 0 aromatic heterocycles. The highest BCUT2D eigenvalue weighted by atomic mass is 16.5. The Morgan fingerprint density at radius 3 is 2.52 bits per heavy atom. The summed E-state index contributed by atoms with van der Waals surface area (Å²) in [6.07, 6.45) is 2.75. The van der Waals surface area contributed by atoms with Crippen molar-refractivity contribution >= 4 is 11.8 Å². The van der Waals surface area contributed by atoms with Gasteiger partial charge in [0.25, 0.3) is 0 Å². The third-order valence-electron chi connectivity index (χ3n) is 5.29. The monoisotopic (exact) mass is 376 g/mol. The molecule has 1 unspecified atom stereocenters. The zero-order chi connectivity index (χ0) is 19.4. The van der Waals surface area contributed by atoms with Gasteiger partial charge >= 0.3 is 0 Å². The number of methoxy groups -OCH3 is 2. The molecule has 0 saturated carbocycles. The number of fused-ring (bicyclic) bond motifs is 1. The van der Waals surface area contributed by atoms with E-state index in [1.165, 1.54) is 12.5 Å². The molecule has 148 valence electrons. The van der Waals surface area contributed by atoms with E-state index in [0.717, 1.165) is 31.4 Å². The smallest absolute Gasteiger partial charge is 0.242 e. The standard InChI is InChI=1S/C20H28N2O5/c1-14(23)22(12-17-5-4-8-27-17)13-20(24)21-7-6-15-9-18(25-2)19(26-3)10-16(15)11-21/h9-10,17H,4-8,11-13H2,1-3H3. The van der Waals surface area contributed by atoms with Crippen molar-refractivity contribution in [3.05, 3.63) is 23.3 Å². The SMILES string of the molecule is COc1cc2c(cc1OC)CN(C(=O)CN(CC1CCCO1)C(C)=O)CC2. The van der Waals surface area contributed by atoms with Crippen LogP contribution in [-0.2, 0) is 27.3 Å². The third-order valence-corrected chi connectivity index (χ3v) is 5.29. The summed E-state index contributed by atoms with van der Waals surface area (Å²) in [4.78, 5) is 28.2. The van der Waals surface area contributed by atoms with Crippen LogP contribution in [0.4, 0.5) is 0 Å². The van der Waals surface area contributed by atoms with Crippen molar-refractivity contribution in [3.63, 3.8) is 0 Å². The lowest BCUT2D eigenvalue weighted by Crippen LogP contribution is -2.46. The molecule has 2 heterocycles. The van der Waals surface area contributed by atoms with Gasteiger partial charge in [0.05, 0.1) is 26.9 Å². The number of nitrogens with zero attached hydrogens (tertiary/aromatic N) is 2. The van der Waals surface area contributed by atoms with E-state index in [1.807, 2.05) is 12.1 Å². The van der Waals surface area contributed by atoms with Gasteiger partial charge < -0.3 is 24.0 Å². The van der Waals surface area contributed by atoms with Crippen molar-refractivity contribution in [2.45, 2.75) is 38.8 Å². The normalized spacial score (nSPS) is 18.8. The van der Waals surface area contributed by atoms with E-state index < -0.39 is 0 Å². The summed E-state index contributed by atoms with van der Waals surface area (Å²) in [5.74, 6) is 1.23. The molecular formula is C20H28N2O5. The van der Waals surface area contributed by atoms with Crippen molar-refractivity contribution in [2.24, 2.45) is 0 Å². The fourth-order valence-electron chi connectivity index (χ4n) is 3.70. The largest absolute Gasteiger partial charge is 0.493 e. The van der Waals surface area contributed by atoms with E-state index in [-0.39, 0.29) is 24.5 Å². The molecule has 1 aromatic carbocycles. The highest BCUT2D eigenvalue weighted by Gasteiger charge is 2.27. The maximum atomic E-state index is 12.8. The van der Waals surface area contributed by atoms with Gasteiger partial charge in [0, 0.05) is 33.2 Å². The molecule has 1 fully saturated rings. The highest BCUT2D eigenvalue weighted by Crippen LogP contribution is 2.33. The summed E-state index contributed by atoms with van der Waals surface area (Å²) in [6.45, 7) is 3.96. The van der Waals surface area contributed by atoms with E-state index in [9.17, 15) is 9.59 Å². The second-order valence-corrected chi connectivity index (χ2v) is 7.08. The fourth-order valence-corrected chi connectivity index (χ4v) is 3.70. The van der Waals surface area contributed by atoms with Gasteiger partial charge in [-0.3, -0.25) is 9.59 Å². The lowest BCUT2D eigenvalue weighted by atomic mass is 9.98. The average molecular weight is 376 g/mol. The predicted molar refractivity (Wildman–Crippen MR) is 99.9 cm³/mol. The molecule has 0 radical (unpaired) electrons. The zero-order valence-electron chi connectivity index (χ0n) is 16.3. The Balaban J connectivity index is 1.66. The quantitative estimate of drug-likeness (QED) is 0.755. The maximum Gasteiger partial charge on any atom is 0.242 e. The molecular weight excluding hydrogens is 348 g/mol. The number of hydrogen-bond acceptors (Lipinski definition) is 5. The lowest BCUT2D eigenvalue weighted by Gasteiger charge is -2.32. The number of ether oxygens (including phenoxy) is 3. The number of rotatable bonds is 6. The molecule has 7 nitrogen and oxygen atoms in total. The first-order valence-corrected chi connectivity index (χ1v) is 9.40. The highest BCUT2D eigenvalue weighted by molar-refractivity contribution is 5.84. The predicted octanol–water partition coefficient (Wildman–Crippen LogP) is 1.62. The van der Waals surface area contributed by atoms with Gasteiger partial charge in [-0.25, -0.2) is 0 Å². The first kappa shape index (κ1) is 19.5. The summed E-state index contributed by atoms with van der Waals surface area (Å²) in [5, 5.41) is 0.